The standard InChI is InChI=1S/C19H32N2O2/c1-16(22)20-13-7-17(8-14-20)18(23)21-12-6-11-19(15-21)9-4-2-3-5-10-19/h17H,2-15H2,1H3. The first-order valence-corrected chi connectivity index (χ1v) is 9.64. The Balaban J connectivity index is 1.58. The molecular formula is C19H32N2O2. The van der Waals surface area contributed by atoms with Crippen molar-refractivity contribution in [3.63, 3.8) is 0 Å². The highest BCUT2D eigenvalue weighted by Gasteiger charge is 2.39. The number of hydrogen-bond donors (Lipinski definition) is 0. The molecule has 0 unspecified atom stereocenters. The fourth-order valence-corrected chi connectivity index (χ4v) is 4.98. The van der Waals surface area contributed by atoms with Crippen molar-refractivity contribution in [3.8, 4) is 0 Å². The van der Waals surface area contributed by atoms with Crippen LogP contribution in [0, 0.1) is 11.3 Å². The lowest BCUT2D eigenvalue weighted by molar-refractivity contribution is -0.143. The molecule has 1 spiro atoms. The molecule has 0 N–H and O–H groups in total. The number of hydrogen-bond acceptors (Lipinski definition) is 2. The van der Waals surface area contributed by atoms with Gasteiger partial charge >= 0.3 is 0 Å². The number of likely N-dealkylation sites (tertiary alicyclic amines) is 2. The van der Waals surface area contributed by atoms with E-state index in [1.54, 1.807) is 6.92 Å². The molecule has 4 heteroatoms. The van der Waals surface area contributed by atoms with Crippen LogP contribution in [0.5, 0.6) is 0 Å². The zero-order valence-electron chi connectivity index (χ0n) is 14.7. The van der Waals surface area contributed by atoms with Gasteiger partial charge in [0.1, 0.15) is 0 Å². The predicted molar refractivity (Wildman–Crippen MR) is 90.9 cm³/mol. The largest absolute Gasteiger partial charge is 0.343 e. The van der Waals surface area contributed by atoms with Gasteiger partial charge in [-0.15, -0.1) is 0 Å². The van der Waals surface area contributed by atoms with Crippen molar-refractivity contribution in [3.05, 3.63) is 0 Å². The van der Waals surface area contributed by atoms with Crippen LogP contribution in [0.2, 0.25) is 0 Å². The van der Waals surface area contributed by atoms with Gasteiger partial charge in [0.05, 0.1) is 0 Å². The van der Waals surface area contributed by atoms with Crippen LogP contribution in [0.3, 0.4) is 0 Å². The number of piperidine rings is 2. The highest BCUT2D eigenvalue weighted by Crippen LogP contribution is 2.42. The second-order valence-corrected chi connectivity index (χ2v) is 8.06. The van der Waals surface area contributed by atoms with Crippen molar-refractivity contribution in [1.82, 2.24) is 9.80 Å². The second kappa shape index (κ2) is 7.23. The number of carbonyl (C=O) groups is 2. The maximum absolute atomic E-state index is 13.0. The summed E-state index contributed by atoms with van der Waals surface area (Å²) in [5, 5.41) is 0. The monoisotopic (exact) mass is 320 g/mol. The Morgan fingerprint density at radius 3 is 2.04 bits per heavy atom. The number of amides is 2. The van der Waals surface area contributed by atoms with E-state index in [1.165, 1.54) is 51.4 Å². The molecule has 0 radical (unpaired) electrons. The van der Waals surface area contributed by atoms with Gasteiger partial charge < -0.3 is 9.80 Å². The fraction of sp³-hybridized carbons (Fsp3) is 0.895. The third-order valence-electron chi connectivity index (χ3n) is 6.43. The van der Waals surface area contributed by atoms with Gasteiger partial charge in [0.25, 0.3) is 0 Å². The molecular weight excluding hydrogens is 288 g/mol. The highest BCUT2D eigenvalue weighted by molar-refractivity contribution is 5.80. The lowest BCUT2D eigenvalue weighted by Crippen LogP contribution is -2.50. The lowest BCUT2D eigenvalue weighted by Gasteiger charge is -2.44. The van der Waals surface area contributed by atoms with Crippen LogP contribution in [-0.2, 0) is 9.59 Å². The Morgan fingerprint density at radius 1 is 0.826 bits per heavy atom. The topological polar surface area (TPSA) is 40.6 Å². The van der Waals surface area contributed by atoms with Crippen molar-refractivity contribution in [2.75, 3.05) is 26.2 Å². The highest BCUT2D eigenvalue weighted by atomic mass is 16.2. The molecule has 0 aromatic carbocycles. The molecule has 2 saturated heterocycles. The molecule has 0 aromatic rings. The summed E-state index contributed by atoms with van der Waals surface area (Å²) in [6.07, 6.45) is 12.3. The Bertz CT molecular complexity index is 433. The predicted octanol–water partition coefficient (Wildman–Crippen LogP) is 3.21. The van der Waals surface area contributed by atoms with Crippen molar-refractivity contribution in [2.24, 2.45) is 11.3 Å². The van der Waals surface area contributed by atoms with E-state index >= 15 is 0 Å². The van der Waals surface area contributed by atoms with Crippen molar-refractivity contribution >= 4 is 11.8 Å². The van der Waals surface area contributed by atoms with Gasteiger partial charge in [0.2, 0.25) is 11.8 Å². The fourth-order valence-electron chi connectivity index (χ4n) is 4.98. The average molecular weight is 320 g/mol. The zero-order chi connectivity index (χ0) is 16.3. The van der Waals surface area contributed by atoms with Gasteiger partial charge in [-0.05, 0) is 43.9 Å². The van der Waals surface area contributed by atoms with E-state index in [-0.39, 0.29) is 11.8 Å². The van der Waals surface area contributed by atoms with Gasteiger partial charge in [0.15, 0.2) is 0 Å². The number of carbonyl (C=O) groups excluding carboxylic acids is 2. The first-order valence-electron chi connectivity index (χ1n) is 9.64. The molecule has 4 nitrogen and oxygen atoms in total. The normalized spacial score (nSPS) is 26.1. The van der Waals surface area contributed by atoms with E-state index in [2.05, 4.69) is 4.90 Å². The van der Waals surface area contributed by atoms with Crippen LogP contribution in [0.25, 0.3) is 0 Å². The Morgan fingerprint density at radius 2 is 1.43 bits per heavy atom. The molecule has 1 aliphatic carbocycles. The van der Waals surface area contributed by atoms with Gasteiger partial charge in [-0.3, -0.25) is 9.59 Å². The van der Waals surface area contributed by atoms with Crippen LogP contribution < -0.4 is 0 Å². The van der Waals surface area contributed by atoms with Crippen LogP contribution >= 0.6 is 0 Å². The summed E-state index contributed by atoms with van der Waals surface area (Å²) in [7, 11) is 0. The molecule has 2 heterocycles. The van der Waals surface area contributed by atoms with E-state index in [9.17, 15) is 9.59 Å². The van der Waals surface area contributed by atoms with Crippen LogP contribution in [0.1, 0.15) is 71.1 Å². The molecule has 3 fully saturated rings. The first-order chi connectivity index (χ1) is 11.1. The minimum Gasteiger partial charge on any atom is -0.343 e. The van der Waals surface area contributed by atoms with E-state index in [0.29, 0.717) is 11.3 Å². The van der Waals surface area contributed by atoms with E-state index in [1.807, 2.05) is 4.90 Å². The summed E-state index contributed by atoms with van der Waals surface area (Å²) in [4.78, 5) is 28.5. The Kier molecular flexibility index (Phi) is 5.27. The summed E-state index contributed by atoms with van der Waals surface area (Å²) in [5.41, 5.74) is 0.421. The summed E-state index contributed by atoms with van der Waals surface area (Å²) in [5.74, 6) is 0.661. The summed E-state index contributed by atoms with van der Waals surface area (Å²) in [6.45, 7) is 5.09. The van der Waals surface area contributed by atoms with Crippen LogP contribution in [-0.4, -0.2) is 47.8 Å². The van der Waals surface area contributed by atoms with Gasteiger partial charge in [0, 0.05) is 39.0 Å². The second-order valence-electron chi connectivity index (χ2n) is 8.06. The van der Waals surface area contributed by atoms with Crippen LogP contribution in [0.15, 0.2) is 0 Å². The Labute approximate surface area is 140 Å². The molecule has 3 rings (SSSR count). The van der Waals surface area contributed by atoms with Gasteiger partial charge in [-0.25, -0.2) is 0 Å². The SMILES string of the molecule is CC(=O)N1CCC(C(=O)N2CCCC3(CCCCCC3)C2)CC1. The molecule has 1 saturated carbocycles. The van der Waals surface area contributed by atoms with Gasteiger partial charge in [-0.1, -0.05) is 25.7 Å². The number of rotatable bonds is 1. The zero-order valence-corrected chi connectivity index (χ0v) is 14.7. The van der Waals surface area contributed by atoms with Crippen LogP contribution in [0.4, 0.5) is 0 Å². The van der Waals surface area contributed by atoms with Crippen molar-refractivity contribution in [2.45, 2.75) is 71.1 Å². The van der Waals surface area contributed by atoms with E-state index in [4.69, 9.17) is 0 Å². The third-order valence-corrected chi connectivity index (χ3v) is 6.43. The van der Waals surface area contributed by atoms with E-state index in [0.717, 1.165) is 39.0 Å². The summed E-state index contributed by atoms with van der Waals surface area (Å²) in [6, 6.07) is 0. The summed E-state index contributed by atoms with van der Waals surface area (Å²) >= 11 is 0. The Hall–Kier alpha value is -1.06. The molecule has 3 aliphatic rings. The molecule has 0 atom stereocenters. The molecule has 2 amide bonds. The molecule has 0 aromatic heterocycles. The number of nitrogens with zero attached hydrogens (tertiary/aromatic N) is 2. The molecule has 23 heavy (non-hydrogen) atoms. The summed E-state index contributed by atoms with van der Waals surface area (Å²) < 4.78 is 0. The van der Waals surface area contributed by atoms with E-state index < -0.39 is 0 Å². The minimum absolute atomic E-state index is 0.145. The quantitative estimate of drug-likeness (QED) is 0.744. The average Bonchev–Trinajstić information content (AvgIpc) is 2.80. The smallest absolute Gasteiger partial charge is 0.225 e. The van der Waals surface area contributed by atoms with Gasteiger partial charge in [-0.2, -0.15) is 0 Å². The maximum Gasteiger partial charge on any atom is 0.225 e. The molecule has 0 bridgehead atoms. The maximum atomic E-state index is 13.0. The minimum atomic E-state index is 0.145. The first kappa shape index (κ1) is 16.8. The third kappa shape index (κ3) is 3.89. The molecule has 130 valence electrons. The molecule has 2 aliphatic heterocycles. The van der Waals surface area contributed by atoms with Crippen molar-refractivity contribution in [1.29, 1.82) is 0 Å². The lowest BCUT2D eigenvalue weighted by atomic mass is 9.73. The van der Waals surface area contributed by atoms with Crippen molar-refractivity contribution < 1.29 is 9.59 Å².